The molecular weight excluding hydrogens is 481 g/mol. The maximum absolute atomic E-state index is 5.89. The molecule has 0 aliphatic rings. The van der Waals surface area contributed by atoms with Crippen molar-refractivity contribution in [3.8, 4) is 11.4 Å². The molecule has 1 heterocycles. The molecule has 150 valence electrons. The lowest BCUT2D eigenvalue weighted by molar-refractivity contribution is 0.146. The third-order valence-electron chi connectivity index (χ3n) is 3.47. The van der Waals surface area contributed by atoms with E-state index in [0.29, 0.717) is 29.7 Å². The molecule has 1 aromatic heterocycles. The van der Waals surface area contributed by atoms with Crippen LogP contribution in [0.5, 0.6) is 0 Å². The summed E-state index contributed by atoms with van der Waals surface area (Å²) < 4.78 is 10.6. The molecule has 0 spiro atoms. The second-order valence-electron chi connectivity index (χ2n) is 5.51. The van der Waals surface area contributed by atoms with Crippen molar-refractivity contribution in [3.63, 3.8) is 0 Å². The lowest BCUT2D eigenvalue weighted by Crippen LogP contribution is -2.38. The number of ether oxygens (including phenoxy) is 1. The summed E-state index contributed by atoms with van der Waals surface area (Å²) in [5, 5.41) is 11.2. The van der Waals surface area contributed by atoms with E-state index in [2.05, 4.69) is 25.8 Å². The summed E-state index contributed by atoms with van der Waals surface area (Å²) in [5.74, 6) is 1.92. The number of nitrogens with zero attached hydrogens (tertiary/aromatic N) is 3. The Hall–Kier alpha value is -1.39. The van der Waals surface area contributed by atoms with Crippen LogP contribution in [0.4, 0.5) is 0 Å². The minimum atomic E-state index is 0. The van der Waals surface area contributed by atoms with Crippen molar-refractivity contribution in [2.24, 2.45) is 4.99 Å². The predicted octanol–water partition coefficient (Wildman–Crippen LogP) is 3.53. The first kappa shape index (κ1) is 23.6. The van der Waals surface area contributed by atoms with Crippen molar-refractivity contribution in [2.75, 3.05) is 32.8 Å². The van der Waals surface area contributed by atoms with Crippen molar-refractivity contribution < 1.29 is 9.26 Å². The van der Waals surface area contributed by atoms with Crippen LogP contribution in [0.1, 0.15) is 26.2 Å². The van der Waals surface area contributed by atoms with E-state index in [-0.39, 0.29) is 24.0 Å². The van der Waals surface area contributed by atoms with Gasteiger partial charge in [0.25, 0.3) is 0 Å². The molecule has 2 N–H and O–H groups in total. The Balaban J connectivity index is 0.00000364. The molecule has 27 heavy (non-hydrogen) atoms. The summed E-state index contributed by atoms with van der Waals surface area (Å²) in [6.07, 6.45) is 1.52. The lowest BCUT2D eigenvalue weighted by Gasteiger charge is -2.10. The molecule has 7 nitrogen and oxygen atoms in total. The largest absolute Gasteiger partial charge is 0.382 e. The van der Waals surface area contributed by atoms with Crippen LogP contribution in [0.25, 0.3) is 11.4 Å². The molecule has 0 radical (unpaired) electrons. The summed E-state index contributed by atoms with van der Waals surface area (Å²) in [7, 11) is 0. The molecule has 9 heteroatoms. The van der Waals surface area contributed by atoms with Crippen molar-refractivity contribution in [1.82, 2.24) is 20.8 Å². The van der Waals surface area contributed by atoms with Crippen LogP contribution in [0.15, 0.2) is 33.8 Å². The second-order valence-corrected chi connectivity index (χ2v) is 5.94. The summed E-state index contributed by atoms with van der Waals surface area (Å²) in [6.45, 7) is 7.67. The highest BCUT2D eigenvalue weighted by Crippen LogP contribution is 2.18. The van der Waals surface area contributed by atoms with Crippen molar-refractivity contribution in [1.29, 1.82) is 0 Å². The van der Waals surface area contributed by atoms with E-state index in [1.54, 1.807) is 12.1 Å². The number of hydrogen-bond donors (Lipinski definition) is 2. The van der Waals surface area contributed by atoms with Crippen LogP contribution in [0.2, 0.25) is 5.02 Å². The Morgan fingerprint density at radius 2 is 2.00 bits per heavy atom. The number of aromatic nitrogens is 2. The zero-order chi connectivity index (χ0) is 18.6. The molecule has 0 aliphatic carbocycles. The van der Waals surface area contributed by atoms with E-state index in [9.17, 15) is 0 Å². The first-order chi connectivity index (χ1) is 12.7. The molecule has 0 aliphatic heterocycles. The zero-order valence-corrected chi connectivity index (χ0v) is 18.8. The fourth-order valence-corrected chi connectivity index (χ4v) is 2.33. The third-order valence-corrected chi connectivity index (χ3v) is 3.72. The van der Waals surface area contributed by atoms with Crippen molar-refractivity contribution in [3.05, 3.63) is 35.2 Å². The maximum Gasteiger partial charge on any atom is 0.228 e. The van der Waals surface area contributed by atoms with Gasteiger partial charge in [-0.2, -0.15) is 4.98 Å². The molecule has 1 aromatic carbocycles. The van der Waals surface area contributed by atoms with Gasteiger partial charge in [-0.1, -0.05) is 16.8 Å². The quantitative estimate of drug-likeness (QED) is 0.222. The topological polar surface area (TPSA) is 84.6 Å². The van der Waals surface area contributed by atoms with Crippen LogP contribution < -0.4 is 10.6 Å². The minimum absolute atomic E-state index is 0. The Bertz CT molecular complexity index is 679. The Labute approximate surface area is 182 Å². The van der Waals surface area contributed by atoms with Gasteiger partial charge in [-0.05, 0) is 44.5 Å². The first-order valence-electron chi connectivity index (χ1n) is 8.91. The minimum Gasteiger partial charge on any atom is -0.382 e. The molecule has 0 unspecified atom stereocenters. The fourth-order valence-electron chi connectivity index (χ4n) is 2.20. The van der Waals surface area contributed by atoms with Gasteiger partial charge in [0.05, 0.1) is 0 Å². The van der Waals surface area contributed by atoms with Gasteiger partial charge in [0, 0.05) is 49.9 Å². The average molecular weight is 508 g/mol. The van der Waals surface area contributed by atoms with Gasteiger partial charge < -0.3 is 19.9 Å². The highest BCUT2D eigenvalue weighted by atomic mass is 127. The number of benzene rings is 1. The van der Waals surface area contributed by atoms with E-state index in [4.69, 9.17) is 20.9 Å². The summed E-state index contributed by atoms with van der Waals surface area (Å²) in [4.78, 5) is 8.92. The average Bonchev–Trinajstić information content (AvgIpc) is 3.11. The summed E-state index contributed by atoms with van der Waals surface area (Å²) in [5.41, 5.74) is 0.876. The number of hydrogen-bond acceptors (Lipinski definition) is 5. The van der Waals surface area contributed by atoms with E-state index in [0.717, 1.165) is 44.2 Å². The van der Waals surface area contributed by atoms with Gasteiger partial charge in [0.2, 0.25) is 11.7 Å². The van der Waals surface area contributed by atoms with Crippen LogP contribution in [-0.2, 0) is 11.2 Å². The molecule has 0 bridgehead atoms. The van der Waals surface area contributed by atoms with E-state index in [1.807, 2.05) is 26.0 Å². The van der Waals surface area contributed by atoms with Gasteiger partial charge in [-0.3, -0.25) is 4.99 Å². The van der Waals surface area contributed by atoms with Gasteiger partial charge in [0.1, 0.15) is 0 Å². The van der Waals surface area contributed by atoms with E-state index in [1.165, 1.54) is 0 Å². The monoisotopic (exact) mass is 507 g/mol. The summed E-state index contributed by atoms with van der Waals surface area (Å²) in [6, 6.07) is 7.35. The van der Waals surface area contributed by atoms with E-state index >= 15 is 0 Å². The van der Waals surface area contributed by atoms with Crippen LogP contribution in [0, 0.1) is 0 Å². The van der Waals surface area contributed by atoms with Crippen molar-refractivity contribution in [2.45, 2.75) is 26.7 Å². The van der Waals surface area contributed by atoms with Crippen LogP contribution in [-0.4, -0.2) is 48.9 Å². The fraction of sp³-hybridized carbons (Fsp3) is 0.500. The Kier molecular flexibility index (Phi) is 12.0. The third kappa shape index (κ3) is 8.89. The van der Waals surface area contributed by atoms with Gasteiger partial charge >= 0.3 is 0 Å². The molecule has 0 amide bonds. The number of nitrogens with one attached hydrogen (secondary N) is 2. The molecule has 0 saturated carbocycles. The summed E-state index contributed by atoms with van der Waals surface area (Å²) >= 11 is 5.89. The molecule has 2 rings (SSSR count). The van der Waals surface area contributed by atoms with Crippen molar-refractivity contribution >= 4 is 41.5 Å². The maximum atomic E-state index is 5.89. The van der Waals surface area contributed by atoms with Gasteiger partial charge in [0.15, 0.2) is 5.96 Å². The molecule has 0 atom stereocenters. The highest BCUT2D eigenvalue weighted by Gasteiger charge is 2.08. The predicted molar refractivity (Wildman–Crippen MR) is 119 cm³/mol. The SMILES string of the molecule is CCNC(=NCCCOCC)NCCc1nc(-c2ccc(Cl)cc2)no1.I. The Morgan fingerprint density at radius 3 is 2.70 bits per heavy atom. The molecule has 2 aromatic rings. The lowest BCUT2D eigenvalue weighted by atomic mass is 10.2. The zero-order valence-electron chi connectivity index (χ0n) is 15.7. The van der Waals surface area contributed by atoms with Gasteiger partial charge in [-0.25, -0.2) is 0 Å². The Morgan fingerprint density at radius 1 is 1.22 bits per heavy atom. The number of aliphatic imine (C=N–C) groups is 1. The van der Waals surface area contributed by atoms with Crippen LogP contribution >= 0.6 is 35.6 Å². The normalized spacial score (nSPS) is 11.1. The first-order valence-corrected chi connectivity index (χ1v) is 9.29. The van der Waals surface area contributed by atoms with Crippen LogP contribution in [0.3, 0.4) is 0 Å². The van der Waals surface area contributed by atoms with Gasteiger partial charge in [-0.15, -0.1) is 24.0 Å². The standard InChI is InChI=1S/C18H26ClN5O2.HI/c1-3-20-18(21-11-5-13-25-4-2)22-12-10-16-23-17(24-26-16)14-6-8-15(19)9-7-14;/h6-9H,3-5,10-13H2,1-2H3,(H2,20,21,22);1H. The number of rotatable bonds is 10. The molecular formula is C18H27ClIN5O2. The van der Waals surface area contributed by atoms with E-state index < -0.39 is 0 Å². The molecule has 0 saturated heterocycles. The highest BCUT2D eigenvalue weighted by molar-refractivity contribution is 14.0. The smallest absolute Gasteiger partial charge is 0.228 e. The number of halogens is 2. The number of guanidine groups is 1. The molecule has 0 fully saturated rings. The second kappa shape index (κ2) is 13.7.